The number of nitrogens with zero attached hydrogens (tertiary/aromatic N) is 2. The average Bonchev–Trinajstić information content (AvgIpc) is 2.89. The maximum Gasteiger partial charge on any atom is 0.253 e. The molecule has 0 aliphatic heterocycles. The van der Waals surface area contributed by atoms with Crippen LogP contribution in [0.4, 0.5) is 11.4 Å². The predicted octanol–water partition coefficient (Wildman–Crippen LogP) is 2.04. The van der Waals surface area contributed by atoms with E-state index in [0.717, 1.165) is 11.4 Å². The van der Waals surface area contributed by atoms with Gasteiger partial charge in [0, 0.05) is 25.0 Å². The zero-order chi connectivity index (χ0) is 13.8. The minimum absolute atomic E-state index is 0.0576. The molecule has 0 aliphatic carbocycles. The number of nitrogen functional groups attached to an aromatic ring is 1. The van der Waals surface area contributed by atoms with Crippen LogP contribution in [0.3, 0.4) is 0 Å². The molecule has 100 valence electrons. The van der Waals surface area contributed by atoms with Crippen LogP contribution in [0, 0.1) is 0 Å². The number of thiazole rings is 1. The first kappa shape index (κ1) is 13.4. The van der Waals surface area contributed by atoms with Gasteiger partial charge in [-0.3, -0.25) is 4.79 Å². The maximum atomic E-state index is 11.8. The summed E-state index contributed by atoms with van der Waals surface area (Å²) in [5.74, 6) is -0.0576. The summed E-state index contributed by atoms with van der Waals surface area (Å²) in [6.45, 7) is 0.620. The zero-order valence-electron chi connectivity index (χ0n) is 10.9. The summed E-state index contributed by atoms with van der Waals surface area (Å²) in [7, 11) is 3.43. The van der Waals surface area contributed by atoms with Crippen LogP contribution in [0.25, 0.3) is 0 Å². The Morgan fingerprint density at radius 2 is 2.26 bits per heavy atom. The Bertz CT molecular complexity index is 566. The van der Waals surface area contributed by atoms with Gasteiger partial charge < -0.3 is 16.0 Å². The van der Waals surface area contributed by atoms with Crippen LogP contribution in [0.15, 0.2) is 29.1 Å². The molecule has 0 unspecified atom stereocenters. The van der Waals surface area contributed by atoms with Gasteiger partial charge in [-0.1, -0.05) is 0 Å². The molecule has 0 bridgehead atoms. The van der Waals surface area contributed by atoms with E-state index in [2.05, 4.69) is 10.3 Å². The monoisotopic (exact) mass is 276 g/mol. The van der Waals surface area contributed by atoms with Crippen molar-refractivity contribution in [3.63, 3.8) is 0 Å². The molecule has 1 aromatic carbocycles. The van der Waals surface area contributed by atoms with Crippen molar-refractivity contribution in [1.82, 2.24) is 9.88 Å². The van der Waals surface area contributed by atoms with Crippen LogP contribution in [0.2, 0.25) is 0 Å². The molecule has 0 spiro atoms. The largest absolute Gasteiger partial charge is 0.397 e. The summed E-state index contributed by atoms with van der Waals surface area (Å²) in [5, 5.41) is 5.18. The quantitative estimate of drug-likeness (QED) is 0.838. The van der Waals surface area contributed by atoms with E-state index >= 15 is 0 Å². The van der Waals surface area contributed by atoms with Gasteiger partial charge in [0.05, 0.1) is 29.1 Å². The molecular weight excluding hydrogens is 260 g/mol. The molecule has 1 aromatic heterocycles. The van der Waals surface area contributed by atoms with Crippen LogP contribution in [-0.2, 0) is 6.54 Å². The number of nitrogens with one attached hydrogen (secondary N) is 1. The Morgan fingerprint density at radius 3 is 2.84 bits per heavy atom. The van der Waals surface area contributed by atoms with E-state index < -0.39 is 0 Å². The van der Waals surface area contributed by atoms with Crippen molar-refractivity contribution in [1.29, 1.82) is 0 Å². The first-order chi connectivity index (χ1) is 9.08. The van der Waals surface area contributed by atoms with E-state index in [1.807, 2.05) is 11.4 Å². The van der Waals surface area contributed by atoms with Crippen LogP contribution in [-0.4, -0.2) is 29.9 Å². The third-order valence-corrected chi connectivity index (χ3v) is 3.28. The van der Waals surface area contributed by atoms with Crippen molar-refractivity contribution < 1.29 is 4.79 Å². The molecule has 2 aromatic rings. The summed E-state index contributed by atoms with van der Waals surface area (Å²) in [5.41, 5.74) is 10.7. The van der Waals surface area contributed by atoms with Gasteiger partial charge in [0.2, 0.25) is 0 Å². The van der Waals surface area contributed by atoms with Crippen molar-refractivity contribution in [2.24, 2.45) is 0 Å². The third kappa shape index (κ3) is 3.23. The van der Waals surface area contributed by atoms with Crippen molar-refractivity contribution >= 4 is 28.6 Å². The van der Waals surface area contributed by atoms with Crippen LogP contribution < -0.4 is 11.1 Å². The Morgan fingerprint density at radius 1 is 1.47 bits per heavy atom. The van der Waals surface area contributed by atoms with Crippen LogP contribution in [0.1, 0.15) is 16.1 Å². The summed E-state index contributed by atoms with van der Waals surface area (Å²) in [6, 6.07) is 5.27. The topological polar surface area (TPSA) is 71.2 Å². The Kier molecular flexibility index (Phi) is 4.01. The number of hydrogen-bond donors (Lipinski definition) is 2. The first-order valence-electron chi connectivity index (χ1n) is 5.80. The lowest BCUT2D eigenvalue weighted by molar-refractivity contribution is 0.0827. The molecule has 0 fully saturated rings. The summed E-state index contributed by atoms with van der Waals surface area (Å²) < 4.78 is 0. The van der Waals surface area contributed by atoms with Gasteiger partial charge in [0.1, 0.15) is 0 Å². The van der Waals surface area contributed by atoms with Gasteiger partial charge in [0.15, 0.2) is 0 Å². The van der Waals surface area contributed by atoms with Gasteiger partial charge in [0.25, 0.3) is 5.91 Å². The highest BCUT2D eigenvalue weighted by molar-refractivity contribution is 7.07. The number of benzene rings is 1. The number of aromatic nitrogens is 1. The van der Waals surface area contributed by atoms with Gasteiger partial charge in [-0.2, -0.15) is 0 Å². The fraction of sp³-hybridized carbons (Fsp3) is 0.231. The van der Waals surface area contributed by atoms with Crippen molar-refractivity contribution in [2.45, 2.75) is 6.54 Å². The molecule has 0 radical (unpaired) electrons. The lowest BCUT2D eigenvalue weighted by atomic mass is 10.1. The minimum Gasteiger partial charge on any atom is -0.397 e. The minimum atomic E-state index is -0.0576. The molecule has 3 N–H and O–H groups in total. The second kappa shape index (κ2) is 5.71. The summed E-state index contributed by atoms with van der Waals surface area (Å²) in [6.07, 6.45) is 0. The molecule has 0 saturated carbocycles. The van der Waals surface area contributed by atoms with E-state index in [9.17, 15) is 4.79 Å². The second-order valence-electron chi connectivity index (χ2n) is 4.33. The molecule has 2 rings (SSSR count). The van der Waals surface area contributed by atoms with Gasteiger partial charge in [-0.15, -0.1) is 11.3 Å². The number of carbonyl (C=O) groups is 1. The molecule has 19 heavy (non-hydrogen) atoms. The van der Waals surface area contributed by atoms with E-state index in [-0.39, 0.29) is 5.91 Å². The summed E-state index contributed by atoms with van der Waals surface area (Å²) in [4.78, 5) is 17.5. The highest BCUT2D eigenvalue weighted by Crippen LogP contribution is 2.21. The molecule has 0 atom stereocenters. The van der Waals surface area contributed by atoms with E-state index in [0.29, 0.717) is 17.8 Å². The number of hydrogen-bond acceptors (Lipinski definition) is 5. The molecule has 0 saturated heterocycles. The Hall–Kier alpha value is -2.08. The fourth-order valence-electron chi connectivity index (χ4n) is 1.63. The number of rotatable bonds is 4. The lowest BCUT2D eigenvalue weighted by Gasteiger charge is -2.13. The van der Waals surface area contributed by atoms with Crippen LogP contribution >= 0.6 is 11.3 Å². The fourth-order valence-corrected chi connectivity index (χ4v) is 2.18. The second-order valence-corrected chi connectivity index (χ2v) is 5.05. The van der Waals surface area contributed by atoms with E-state index in [1.54, 1.807) is 43.1 Å². The van der Waals surface area contributed by atoms with Crippen molar-refractivity contribution in [2.75, 3.05) is 25.1 Å². The molecule has 1 heterocycles. The normalized spacial score (nSPS) is 10.2. The lowest BCUT2D eigenvalue weighted by Crippen LogP contribution is -2.21. The van der Waals surface area contributed by atoms with Crippen LogP contribution in [0.5, 0.6) is 0 Å². The first-order valence-corrected chi connectivity index (χ1v) is 6.74. The number of anilines is 2. The standard InChI is InChI=1S/C13H16N4OS/c1-17(2)13(18)9-3-4-12(11(14)5-9)15-6-10-7-19-8-16-10/h3-5,7-8,15H,6,14H2,1-2H3. The number of nitrogens with two attached hydrogens (primary N) is 1. The highest BCUT2D eigenvalue weighted by Gasteiger charge is 2.09. The Labute approximate surface area is 116 Å². The van der Waals surface area contributed by atoms with Crippen molar-refractivity contribution in [3.8, 4) is 0 Å². The van der Waals surface area contributed by atoms with Gasteiger partial charge >= 0.3 is 0 Å². The molecule has 5 nitrogen and oxygen atoms in total. The highest BCUT2D eigenvalue weighted by atomic mass is 32.1. The predicted molar refractivity (Wildman–Crippen MR) is 78.3 cm³/mol. The average molecular weight is 276 g/mol. The molecule has 0 aliphatic rings. The van der Waals surface area contributed by atoms with E-state index in [4.69, 9.17) is 5.73 Å². The van der Waals surface area contributed by atoms with Crippen molar-refractivity contribution in [3.05, 3.63) is 40.3 Å². The smallest absolute Gasteiger partial charge is 0.253 e. The number of amides is 1. The van der Waals surface area contributed by atoms with E-state index in [1.165, 1.54) is 4.90 Å². The number of carbonyl (C=O) groups excluding carboxylic acids is 1. The maximum absolute atomic E-state index is 11.8. The van der Waals surface area contributed by atoms with Gasteiger partial charge in [-0.25, -0.2) is 4.98 Å². The third-order valence-electron chi connectivity index (χ3n) is 2.65. The summed E-state index contributed by atoms with van der Waals surface area (Å²) >= 11 is 1.56. The zero-order valence-corrected chi connectivity index (χ0v) is 11.7. The SMILES string of the molecule is CN(C)C(=O)c1ccc(NCc2cscn2)c(N)c1. The molecule has 1 amide bonds. The Balaban J connectivity index is 2.09. The van der Waals surface area contributed by atoms with Gasteiger partial charge in [-0.05, 0) is 18.2 Å². The molecule has 6 heteroatoms. The molecular formula is C13H16N4OS.